The Bertz CT molecular complexity index is 1090. The SMILES string of the molecule is COc1cccc(-c2ccc(=O)n(CCC(=O)N3CCN(c4ccccc4)CC3)n2)c1. The molecular weight excluding hydrogens is 392 g/mol. The first-order valence-electron chi connectivity index (χ1n) is 10.4. The van der Waals surface area contributed by atoms with Crippen LogP contribution in [-0.2, 0) is 11.3 Å². The van der Waals surface area contributed by atoms with Gasteiger partial charge in [0.15, 0.2) is 0 Å². The van der Waals surface area contributed by atoms with Crippen LogP contribution in [0.3, 0.4) is 0 Å². The number of anilines is 1. The summed E-state index contributed by atoms with van der Waals surface area (Å²) in [5.74, 6) is 0.773. The van der Waals surface area contributed by atoms with Gasteiger partial charge in [0.25, 0.3) is 5.56 Å². The number of aryl methyl sites for hydroxylation is 1. The minimum atomic E-state index is -0.214. The number of carbonyl (C=O) groups is 1. The minimum absolute atomic E-state index is 0.0493. The Balaban J connectivity index is 1.37. The average molecular weight is 418 g/mol. The lowest BCUT2D eigenvalue weighted by Crippen LogP contribution is -2.49. The number of benzene rings is 2. The highest BCUT2D eigenvalue weighted by molar-refractivity contribution is 5.76. The number of methoxy groups -OCH3 is 1. The van der Waals surface area contributed by atoms with Gasteiger partial charge in [-0.2, -0.15) is 5.10 Å². The van der Waals surface area contributed by atoms with Gasteiger partial charge in [-0.1, -0.05) is 30.3 Å². The molecule has 1 aliphatic heterocycles. The van der Waals surface area contributed by atoms with Gasteiger partial charge in [-0.05, 0) is 30.3 Å². The molecule has 0 atom stereocenters. The largest absolute Gasteiger partial charge is 0.497 e. The van der Waals surface area contributed by atoms with Gasteiger partial charge in [0.2, 0.25) is 5.91 Å². The maximum atomic E-state index is 12.7. The molecule has 0 bridgehead atoms. The zero-order valence-electron chi connectivity index (χ0n) is 17.6. The maximum absolute atomic E-state index is 12.7. The Morgan fingerprint density at radius 3 is 2.48 bits per heavy atom. The molecule has 2 heterocycles. The molecule has 1 fully saturated rings. The Hall–Kier alpha value is -3.61. The van der Waals surface area contributed by atoms with Crippen molar-refractivity contribution in [1.29, 1.82) is 0 Å². The lowest BCUT2D eigenvalue weighted by molar-refractivity contribution is -0.131. The van der Waals surface area contributed by atoms with E-state index >= 15 is 0 Å². The summed E-state index contributed by atoms with van der Waals surface area (Å²) in [6, 6.07) is 20.9. The summed E-state index contributed by atoms with van der Waals surface area (Å²) in [5.41, 5.74) is 2.49. The third kappa shape index (κ3) is 4.94. The highest BCUT2D eigenvalue weighted by Gasteiger charge is 2.21. The predicted octanol–water partition coefficient (Wildman–Crippen LogP) is 2.66. The Labute approximate surface area is 181 Å². The highest BCUT2D eigenvalue weighted by atomic mass is 16.5. The van der Waals surface area contributed by atoms with E-state index < -0.39 is 0 Å². The van der Waals surface area contributed by atoms with Crippen molar-refractivity contribution in [1.82, 2.24) is 14.7 Å². The van der Waals surface area contributed by atoms with Gasteiger partial charge in [0, 0.05) is 49.9 Å². The summed E-state index contributed by atoms with van der Waals surface area (Å²) >= 11 is 0. The quantitative estimate of drug-likeness (QED) is 0.616. The van der Waals surface area contributed by atoms with Gasteiger partial charge in [-0.25, -0.2) is 4.68 Å². The molecule has 1 aromatic heterocycles. The van der Waals surface area contributed by atoms with Crippen LogP contribution in [-0.4, -0.2) is 53.9 Å². The van der Waals surface area contributed by atoms with Crippen LogP contribution in [0, 0.1) is 0 Å². The van der Waals surface area contributed by atoms with Gasteiger partial charge in [0.1, 0.15) is 5.75 Å². The second-order valence-corrected chi connectivity index (χ2v) is 7.47. The summed E-state index contributed by atoms with van der Waals surface area (Å²) in [6.45, 7) is 3.23. The van der Waals surface area contributed by atoms with Gasteiger partial charge in [-0.3, -0.25) is 9.59 Å². The summed E-state index contributed by atoms with van der Waals surface area (Å²) < 4.78 is 6.63. The molecule has 7 nitrogen and oxygen atoms in total. The van der Waals surface area contributed by atoms with Crippen LogP contribution in [0.4, 0.5) is 5.69 Å². The normalized spacial score (nSPS) is 13.8. The number of carbonyl (C=O) groups excluding carboxylic acids is 1. The lowest BCUT2D eigenvalue weighted by atomic mass is 10.1. The van der Waals surface area contributed by atoms with Crippen molar-refractivity contribution in [2.24, 2.45) is 0 Å². The summed E-state index contributed by atoms with van der Waals surface area (Å²) in [4.78, 5) is 29.1. The molecule has 0 radical (unpaired) electrons. The van der Waals surface area contributed by atoms with E-state index in [0.717, 1.165) is 24.4 Å². The van der Waals surface area contributed by atoms with Crippen molar-refractivity contribution in [3.8, 4) is 17.0 Å². The molecule has 3 aromatic rings. The first kappa shape index (κ1) is 20.7. The monoisotopic (exact) mass is 418 g/mol. The number of hydrogen-bond donors (Lipinski definition) is 0. The topological polar surface area (TPSA) is 67.7 Å². The first-order valence-corrected chi connectivity index (χ1v) is 10.4. The van der Waals surface area contributed by atoms with E-state index in [1.54, 1.807) is 13.2 Å². The van der Waals surface area contributed by atoms with Crippen molar-refractivity contribution >= 4 is 11.6 Å². The maximum Gasteiger partial charge on any atom is 0.266 e. The van der Waals surface area contributed by atoms with E-state index in [4.69, 9.17) is 4.74 Å². The third-order valence-corrected chi connectivity index (χ3v) is 5.52. The van der Waals surface area contributed by atoms with Crippen LogP contribution in [0.2, 0.25) is 0 Å². The smallest absolute Gasteiger partial charge is 0.266 e. The van der Waals surface area contributed by atoms with E-state index in [-0.39, 0.29) is 24.4 Å². The lowest BCUT2D eigenvalue weighted by Gasteiger charge is -2.36. The van der Waals surface area contributed by atoms with Gasteiger partial charge in [0.05, 0.1) is 19.3 Å². The number of nitrogens with zero attached hydrogens (tertiary/aromatic N) is 4. The molecule has 1 amide bonds. The van der Waals surface area contributed by atoms with E-state index in [0.29, 0.717) is 18.8 Å². The fourth-order valence-electron chi connectivity index (χ4n) is 3.76. The van der Waals surface area contributed by atoms with Crippen LogP contribution >= 0.6 is 0 Å². The third-order valence-electron chi connectivity index (χ3n) is 5.52. The molecule has 7 heteroatoms. The number of hydrogen-bond acceptors (Lipinski definition) is 5. The zero-order chi connectivity index (χ0) is 21.6. The number of amides is 1. The average Bonchev–Trinajstić information content (AvgIpc) is 2.84. The Morgan fingerprint density at radius 1 is 0.968 bits per heavy atom. The summed E-state index contributed by atoms with van der Waals surface area (Å²) in [7, 11) is 1.61. The summed E-state index contributed by atoms with van der Waals surface area (Å²) in [5, 5.41) is 4.46. The predicted molar refractivity (Wildman–Crippen MR) is 120 cm³/mol. The molecule has 0 spiro atoms. The van der Waals surface area contributed by atoms with E-state index in [1.165, 1.54) is 16.4 Å². The first-order chi connectivity index (χ1) is 15.1. The van der Waals surface area contributed by atoms with Crippen LogP contribution in [0.25, 0.3) is 11.3 Å². The molecule has 4 rings (SSSR count). The van der Waals surface area contributed by atoms with Crippen LogP contribution in [0.15, 0.2) is 71.5 Å². The van der Waals surface area contributed by atoms with Crippen molar-refractivity contribution in [2.75, 3.05) is 38.2 Å². The van der Waals surface area contributed by atoms with Crippen molar-refractivity contribution in [3.05, 3.63) is 77.1 Å². The second kappa shape index (κ2) is 9.47. The summed E-state index contributed by atoms with van der Waals surface area (Å²) in [6.07, 6.45) is 0.250. The second-order valence-electron chi connectivity index (χ2n) is 7.47. The Morgan fingerprint density at radius 2 is 1.74 bits per heavy atom. The molecular formula is C24H26N4O3. The van der Waals surface area contributed by atoms with Crippen molar-refractivity contribution in [2.45, 2.75) is 13.0 Å². The minimum Gasteiger partial charge on any atom is -0.497 e. The molecule has 1 aliphatic rings. The van der Waals surface area contributed by atoms with Crippen molar-refractivity contribution < 1.29 is 9.53 Å². The van der Waals surface area contributed by atoms with Gasteiger partial charge in [-0.15, -0.1) is 0 Å². The molecule has 31 heavy (non-hydrogen) atoms. The molecule has 160 valence electrons. The molecule has 0 N–H and O–H groups in total. The fraction of sp³-hybridized carbons (Fsp3) is 0.292. The molecule has 0 saturated carbocycles. The number of aromatic nitrogens is 2. The Kier molecular flexibility index (Phi) is 6.31. The van der Waals surface area contributed by atoms with Gasteiger partial charge < -0.3 is 14.5 Å². The van der Waals surface area contributed by atoms with E-state index in [9.17, 15) is 9.59 Å². The molecule has 0 unspecified atom stereocenters. The fourth-order valence-corrected chi connectivity index (χ4v) is 3.76. The van der Waals surface area contributed by atoms with Gasteiger partial charge >= 0.3 is 0 Å². The molecule has 1 saturated heterocycles. The number of rotatable bonds is 6. The number of piperazine rings is 1. The molecule has 0 aliphatic carbocycles. The van der Waals surface area contributed by atoms with E-state index in [1.807, 2.05) is 47.4 Å². The standard InChI is InChI=1S/C24H26N4O3/c1-31-21-9-5-6-19(18-21)22-10-11-24(30)28(25-22)13-12-23(29)27-16-14-26(15-17-27)20-7-3-2-4-8-20/h2-11,18H,12-17H2,1H3. The zero-order valence-corrected chi connectivity index (χ0v) is 17.6. The van der Waals surface area contributed by atoms with Crippen LogP contribution in [0.1, 0.15) is 6.42 Å². The van der Waals surface area contributed by atoms with E-state index in [2.05, 4.69) is 22.1 Å². The van der Waals surface area contributed by atoms with Crippen molar-refractivity contribution in [3.63, 3.8) is 0 Å². The highest BCUT2D eigenvalue weighted by Crippen LogP contribution is 2.21. The number of para-hydroxylation sites is 1. The van der Waals surface area contributed by atoms with Crippen LogP contribution < -0.4 is 15.2 Å². The molecule has 2 aromatic carbocycles. The van der Waals surface area contributed by atoms with Crippen LogP contribution in [0.5, 0.6) is 5.75 Å². The number of ether oxygens (including phenoxy) is 1.